The van der Waals surface area contributed by atoms with E-state index in [9.17, 15) is 9.59 Å². The number of esters is 1. The highest BCUT2D eigenvalue weighted by Crippen LogP contribution is 2.30. The standard InChI is InChI=1S/C20H21N3O4S/c1-5-27-20(25)14-9-13(18(24)23-17(14)11(2)3)15-10-28-19(22-15)12-6-7-21-16(8-12)26-4/h6-11H,5H2,1-4H3,(H,23,24). The fourth-order valence-electron chi connectivity index (χ4n) is 2.75. The SMILES string of the molecule is CCOC(=O)c1cc(-c2csc(-c3ccnc(OC)c3)n2)c(=O)[nH]c1C(C)C. The minimum Gasteiger partial charge on any atom is -0.481 e. The zero-order valence-corrected chi connectivity index (χ0v) is 16.9. The molecule has 146 valence electrons. The molecule has 7 nitrogen and oxygen atoms in total. The first-order valence-electron chi connectivity index (χ1n) is 8.85. The zero-order chi connectivity index (χ0) is 20.3. The van der Waals surface area contributed by atoms with Crippen LogP contribution < -0.4 is 10.3 Å². The molecule has 0 aromatic carbocycles. The van der Waals surface area contributed by atoms with E-state index < -0.39 is 5.97 Å². The maximum Gasteiger partial charge on any atom is 0.339 e. The number of carbonyl (C=O) groups excluding carboxylic acids is 1. The van der Waals surface area contributed by atoms with Crippen molar-refractivity contribution in [1.29, 1.82) is 0 Å². The first-order valence-corrected chi connectivity index (χ1v) is 9.73. The molecule has 0 aliphatic carbocycles. The smallest absolute Gasteiger partial charge is 0.339 e. The Labute approximate surface area is 166 Å². The Morgan fingerprint density at radius 3 is 2.79 bits per heavy atom. The molecule has 8 heteroatoms. The van der Waals surface area contributed by atoms with Gasteiger partial charge in [-0.3, -0.25) is 4.79 Å². The number of H-pyrrole nitrogens is 1. The van der Waals surface area contributed by atoms with Gasteiger partial charge in [-0.2, -0.15) is 0 Å². The van der Waals surface area contributed by atoms with Gasteiger partial charge in [0.1, 0.15) is 5.01 Å². The van der Waals surface area contributed by atoms with Gasteiger partial charge in [0.05, 0.1) is 30.5 Å². The second kappa shape index (κ2) is 8.35. The number of pyridine rings is 2. The summed E-state index contributed by atoms with van der Waals surface area (Å²) < 4.78 is 10.3. The van der Waals surface area contributed by atoms with Gasteiger partial charge in [-0.1, -0.05) is 13.8 Å². The van der Waals surface area contributed by atoms with Crippen LogP contribution in [0.5, 0.6) is 5.88 Å². The van der Waals surface area contributed by atoms with Gasteiger partial charge >= 0.3 is 5.97 Å². The number of hydrogen-bond acceptors (Lipinski definition) is 7. The largest absolute Gasteiger partial charge is 0.481 e. The monoisotopic (exact) mass is 399 g/mol. The van der Waals surface area contributed by atoms with Crippen molar-refractivity contribution in [3.63, 3.8) is 0 Å². The number of rotatable bonds is 6. The average molecular weight is 399 g/mol. The summed E-state index contributed by atoms with van der Waals surface area (Å²) in [5.74, 6) is -0.00700. The van der Waals surface area contributed by atoms with Crippen LogP contribution in [-0.4, -0.2) is 34.6 Å². The molecular formula is C20H21N3O4S. The quantitative estimate of drug-likeness (QED) is 0.633. The summed E-state index contributed by atoms with van der Waals surface area (Å²) in [6.07, 6.45) is 1.64. The van der Waals surface area contributed by atoms with Gasteiger partial charge in [0.15, 0.2) is 0 Å². The van der Waals surface area contributed by atoms with Crippen LogP contribution in [0, 0.1) is 0 Å². The number of carbonyl (C=O) groups is 1. The number of thiazole rings is 1. The molecule has 0 aliphatic heterocycles. The Bertz CT molecular complexity index is 1060. The molecule has 28 heavy (non-hydrogen) atoms. The highest BCUT2D eigenvalue weighted by Gasteiger charge is 2.20. The molecule has 0 amide bonds. The fourth-order valence-corrected chi connectivity index (χ4v) is 3.57. The number of nitrogens with one attached hydrogen (secondary N) is 1. The van der Waals surface area contributed by atoms with E-state index in [1.807, 2.05) is 19.9 Å². The summed E-state index contributed by atoms with van der Waals surface area (Å²) in [6, 6.07) is 5.16. The van der Waals surface area contributed by atoms with E-state index in [1.54, 1.807) is 37.7 Å². The molecule has 0 saturated carbocycles. The van der Waals surface area contributed by atoms with Crippen LogP contribution in [0.25, 0.3) is 21.8 Å². The van der Waals surface area contributed by atoms with Crippen molar-refractivity contribution >= 4 is 17.3 Å². The second-order valence-electron chi connectivity index (χ2n) is 6.34. The van der Waals surface area contributed by atoms with Gasteiger partial charge in [-0.05, 0) is 25.0 Å². The predicted octanol–water partition coefficient (Wildman–Crippen LogP) is 3.87. The molecule has 0 aliphatic rings. The van der Waals surface area contributed by atoms with Crippen molar-refractivity contribution in [2.24, 2.45) is 0 Å². The Morgan fingerprint density at radius 2 is 2.11 bits per heavy atom. The Kier molecular flexibility index (Phi) is 5.89. The van der Waals surface area contributed by atoms with E-state index in [4.69, 9.17) is 9.47 Å². The van der Waals surface area contributed by atoms with Gasteiger partial charge in [0, 0.05) is 28.9 Å². The normalized spacial score (nSPS) is 10.9. The van der Waals surface area contributed by atoms with E-state index in [1.165, 1.54) is 11.3 Å². The van der Waals surface area contributed by atoms with E-state index >= 15 is 0 Å². The molecule has 0 spiro atoms. The molecule has 0 bridgehead atoms. The summed E-state index contributed by atoms with van der Waals surface area (Å²) >= 11 is 1.40. The lowest BCUT2D eigenvalue weighted by Crippen LogP contribution is -2.19. The molecule has 0 radical (unpaired) electrons. The minimum atomic E-state index is -0.460. The van der Waals surface area contributed by atoms with Crippen molar-refractivity contribution in [2.75, 3.05) is 13.7 Å². The molecular weight excluding hydrogens is 378 g/mol. The maximum absolute atomic E-state index is 12.7. The number of ether oxygens (including phenoxy) is 2. The van der Waals surface area contributed by atoms with Crippen LogP contribution in [0.15, 0.2) is 34.6 Å². The summed E-state index contributed by atoms with van der Waals surface area (Å²) in [7, 11) is 1.55. The van der Waals surface area contributed by atoms with E-state index in [0.29, 0.717) is 28.4 Å². The van der Waals surface area contributed by atoms with Crippen molar-refractivity contribution in [1.82, 2.24) is 15.0 Å². The second-order valence-corrected chi connectivity index (χ2v) is 7.20. The third kappa shape index (κ3) is 3.96. The summed E-state index contributed by atoms with van der Waals surface area (Å²) in [6.45, 7) is 5.82. The number of aromatic nitrogens is 3. The Balaban J connectivity index is 2.06. The molecule has 3 heterocycles. The van der Waals surface area contributed by atoms with Crippen LogP contribution in [0.1, 0.15) is 42.7 Å². The first kappa shape index (κ1) is 19.8. The van der Waals surface area contributed by atoms with Gasteiger partial charge in [0.2, 0.25) is 5.88 Å². The van der Waals surface area contributed by atoms with Gasteiger partial charge in [0.25, 0.3) is 5.56 Å². The third-order valence-electron chi connectivity index (χ3n) is 4.12. The minimum absolute atomic E-state index is 0.0311. The first-order chi connectivity index (χ1) is 13.4. The lowest BCUT2D eigenvalue weighted by Gasteiger charge is -2.12. The lowest BCUT2D eigenvalue weighted by molar-refractivity contribution is 0.0524. The molecule has 3 rings (SSSR count). The number of hydrogen-bond donors (Lipinski definition) is 1. The zero-order valence-electron chi connectivity index (χ0n) is 16.1. The Hall–Kier alpha value is -3.00. The molecule has 3 aromatic rings. The molecule has 0 saturated heterocycles. The van der Waals surface area contributed by atoms with E-state index in [0.717, 1.165) is 10.6 Å². The number of aromatic amines is 1. The average Bonchev–Trinajstić information content (AvgIpc) is 3.17. The van der Waals surface area contributed by atoms with Crippen LogP contribution in [0.3, 0.4) is 0 Å². The number of nitrogens with zero attached hydrogens (tertiary/aromatic N) is 2. The van der Waals surface area contributed by atoms with Crippen molar-refractivity contribution in [3.05, 3.63) is 51.4 Å². The predicted molar refractivity (Wildman–Crippen MR) is 108 cm³/mol. The molecule has 0 atom stereocenters. The lowest BCUT2D eigenvalue weighted by atomic mass is 10.0. The highest BCUT2D eigenvalue weighted by molar-refractivity contribution is 7.13. The van der Waals surface area contributed by atoms with Crippen LogP contribution in [0.2, 0.25) is 0 Å². The van der Waals surface area contributed by atoms with Crippen molar-refractivity contribution in [2.45, 2.75) is 26.7 Å². The Morgan fingerprint density at radius 1 is 1.32 bits per heavy atom. The van der Waals surface area contributed by atoms with Crippen molar-refractivity contribution < 1.29 is 14.3 Å². The maximum atomic E-state index is 12.7. The van der Waals surface area contributed by atoms with E-state index in [-0.39, 0.29) is 18.1 Å². The summed E-state index contributed by atoms with van der Waals surface area (Å²) in [4.78, 5) is 36.5. The molecule has 0 fully saturated rings. The summed E-state index contributed by atoms with van der Waals surface area (Å²) in [5.41, 5.74) is 2.28. The topological polar surface area (TPSA) is 94.2 Å². The third-order valence-corrected chi connectivity index (χ3v) is 5.01. The molecule has 3 aromatic heterocycles. The molecule has 0 unspecified atom stereocenters. The molecule has 1 N–H and O–H groups in total. The summed E-state index contributed by atoms with van der Waals surface area (Å²) in [5, 5.41) is 2.51. The fraction of sp³-hybridized carbons (Fsp3) is 0.300. The van der Waals surface area contributed by atoms with Crippen LogP contribution in [-0.2, 0) is 4.74 Å². The van der Waals surface area contributed by atoms with Gasteiger partial charge in [-0.25, -0.2) is 14.8 Å². The number of methoxy groups -OCH3 is 1. The van der Waals surface area contributed by atoms with Crippen molar-refractivity contribution in [3.8, 4) is 27.7 Å². The van der Waals surface area contributed by atoms with Crippen LogP contribution in [0.4, 0.5) is 0 Å². The van der Waals surface area contributed by atoms with Gasteiger partial charge < -0.3 is 14.5 Å². The highest BCUT2D eigenvalue weighted by atomic mass is 32.1. The van der Waals surface area contributed by atoms with Gasteiger partial charge in [-0.15, -0.1) is 11.3 Å². The van der Waals surface area contributed by atoms with E-state index in [2.05, 4.69) is 15.0 Å². The van der Waals surface area contributed by atoms with Crippen LogP contribution >= 0.6 is 11.3 Å².